The third kappa shape index (κ3) is 3.53. The molecule has 1 saturated carbocycles. The van der Waals surface area contributed by atoms with E-state index in [-0.39, 0.29) is 23.4 Å². The first-order valence-corrected chi connectivity index (χ1v) is 10.1. The minimum atomic E-state index is -0.222. The molecule has 0 unspecified atom stereocenters. The lowest BCUT2D eigenvalue weighted by atomic mass is 10.1. The van der Waals surface area contributed by atoms with E-state index in [1.54, 1.807) is 12.0 Å². The van der Waals surface area contributed by atoms with Gasteiger partial charge in [-0.2, -0.15) is 4.98 Å². The number of fused-ring (bicyclic) bond motifs is 1. The SMILES string of the molecule is COc1cccc(OC2CN(C(=O)c3nc(NC4(C)CC4)c4cc(C)oc4n3)C2)c1. The molecular formula is C22H24N4O4. The Hall–Kier alpha value is -3.29. The number of nitrogens with one attached hydrogen (secondary N) is 1. The Morgan fingerprint density at radius 3 is 2.73 bits per heavy atom. The van der Waals surface area contributed by atoms with Gasteiger partial charge in [-0.05, 0) is 44.9 Å². The molecule has 30 heavy (non-hydrogen) atoms. The smallest absolute Gasteiger partial charge is 0.292 e. The van der Waals surface area contributed by atoms with Crippen molar-refractivity contribution < 1.29 is 18.7 Å². The summed E-state index contributed by atoms with van der Waals surface area (Å²) in [6.07, 6.45) is 2.08. The Labute approximate surface area is 174 Å². The Morgan fingerprint density at radius 1 is 1.23 bits per heavy atom. The molecule has 3 aromatic rings. The van der Waals surface area contributed by atoms with Gasteiger partial charge in [0.1, 0.15) is 29.2 Å². The number of benzene rings is 1. The van der Waals surface area contributed by atoms with Crippen molar-refractivity contribution in [2.24, 2.45) is 0 Å². The van der Waals surface area contributed by atoms with Crippen LogP contribution in [0.15, 0.2) is 34.7 Å². The lowest BCUT2D eigenvalue weighted by Crippen LogP contribution is -2.56. The molecule has 1 N–H and O–H groups in total. The van der Waals surface area contributed by atoms with Gasteiger partial charge >= 0.3 is 0 Å². The van der Waals surface area contributed by atoms with Crippen LogP contribution in [0.25, 0.3) is 11.1 Å². The molecule has 0 bridgehead atoms. The highest BCUT2D eigenvalue weighted by atomic mass is 16.5. The average Bonchev–Trinajstić information content (AvgIpc) is 3.29. The van der Waals surface area contributed by atoms with Crippen LogP contribution in [-0.4, -0.2) is 52.6 Å². The van der Waals surface area contributed by atoms with Gasteiger partial charge in [0.05, 0.1) is 25.6 Å². The molecule has 2 aliphatic rings. The zero-order valence-electron chi connectivity index (χ0n) is 17.3. The second kappa shape index (κ2) is 6.90. The fourth-order valence-corrected chi connectivity index (χ4v) is 3.52. The van der Waals surface area contributed by atoms with Crippen LogP contribution in [0.2, 0.25) is 0 Å². The largest absolute Gasteiger partial charge is 0.497 e. The third-order valence-electron chi connectivity index (χ3n) is 5.61. The second-order valence-corrected chi connectivity index (χ2v) is 8.29. The van der Waals surface area contributed by atoms with Crippen molar-refractivity contribution in [2.45, 2.75) is 38.3 Å². The Balaban J connectivity index is 1.30. The van der Waals surface area contributed by atoms with Gasteiger partial charge in [-0.15, -0.1) is 0 Å². The number of furan rings is 1. The molecule has 1 aliphatic carbocycles. The summed E-state index contributed by atoms with van der Waals surface area (Å²) in [5, 5.41) is 4.26. The number of hydrogen-bond donors (Lipinski definition) is 1. The zero-order chi connectivity index (χ0) is 20.9. The van der Waals surface area contributed by atoms with Gasteiger partial charge in [0.2, 0.25) is 11.5 Å². The number of methoxy groups -OCH3 is 1. The summed E-state index contributed by atoms with van der Waals surface area (Å²) in [5.74, 6) is 2.77. The molecule has 5 rings (SSSR count). The van der Waals surface area contributed by atoms with Gasteiger partial charge in [-0.3, -0.25) is 4.79 Å². The van der Waals surface area contributed by atoms with Crippen LogP contribution < -0.4 is 14.8 Å². The van der Waals surface area contributed by atoms with Crippen molar-refractivity contribution in [3.8, 4) is 11.5 Å². The first-order chi connectivity index (χ1) is 14.4. The maximum Gasteiger partial charge on any atom is 0.292 e. The van der Waals surface area contributed by atoms with Crippen molar-refractivity contribution >= 4 is 22.8 Å². The minimum absolute atomic E-state index is 0.0270. The van der Waals surface area contributed by atoms with Crippen LogP contribution in [0.3, 0.4) is 0 Å². The topological polar surface area (TPSA) is 89.7 Å². The van der Waals surface area contributed by atoms with Crippen molar-refractivity contribution in [3.05, 3.63) is 41.9 Å². The molecule has 1 aliphatic heterocycles. The van der Waals surface area contributed by atoms with Gasteiger partial charge < -0.3 is 24.1 Å². The quantitative estimate of drug-likeness (QED) is 0.668. The summed E-state index contributed by atoms with van der Waals surface area (Å²) in [6, 6.07) is 9.34. The van der Waals surface area contributed by atoms with E-state index in [0.29, 0.717) is 24.6 Å². The summed E-state index contributed by atoms with van der Waals surface area (Å²) in [7, 11) is 1.62. The van der Waals surface area contributed by atoms with E-state index in [9.17, 15) is 4.79 Å². The van der Waals surface area contributed by atoms with Gasteiger partial charge in [0, 0.05) is 11.6 Å². The molecule has 1 saturated heterocycles. The van der Waals surface area contributed by atoms with Gasteiger partial charge in [0.15, 0.2) is 0 Å². The Bertz CT molecular complexity index is 1120. The number of aromatic nitrogens is 2. The molecule has 156 valence electrons. The third-order valence-corrected chi connectivity index (χ3v) is 5.61. The number of amides is 1. The normalized spacial score (nSPS) is 17.5. The van der Waals surface area contributed by atoms with Crippen molar-refractivity contribution in [3.63, 3.8) is 0 Å². The number of carbonyl (C=O) groups is 1. The molecule has 3 heterocycles. The number of nitrogens with zero attached hydrogens (tertiary/aromatic N) is 3. The minimum Gasteiger partial charge on any atom is -0.497 e. The van der Waals surface area contributed by atoms with E-state index in [2.05, 4.69) is 22.2 Å². The summed E-state index contributed by atoms with van der Waals surface area (Å²) in [4.78, 5) is 23.6. The van der Waals surface area contributed by atoms with E-state index in [4.69, 9.17) is 13.9 Å². The maximum atomic E-state index is 13.0. The Kier molecular flexibility index (Phi) is 4.30. The lowest BCUT2D eigenvalue weighted by Gasteiger charge is -2.38. The number of hydrogen-bond acceptors (Lipinski definition) is 7. The number of carbonyl (C=O) groups excluding carboxylic acids is 1. The van der Waals surface area contributed by atoms with Crippen LogP contribution in [0.5, 0.6) is 11.5 Å². The van der Waals surface area contributed by atoms with Gasteiger partial charge in [-0.1, -0.05) is 6.07 Å². The van der Waals surface area contributed by atoms with Crippen molar-refractivity contribution in [2.75, 3.05) is 25.5 Å². The number of rotatable bonds is 6. The summed E-state index contributed by atoms with van der Waals surface area (Å²) >= 11 is 0. The van der Waals surface area contributed by atoms with Gasteiger partial charge in [0.25, 0.3) is 5.91 Å². The standard InChI is InChI=1S/C22H24N4O4/c1-13-9-17-18(25-22(2)7-8-22)23-19(24-20(17)29-13)21(27)26-11-16(12-26)30-15-6-4-5-14(10-15)28-3/h4-6,9-10,16H,7-8,11-12H2,1-3H3,(H,23,24,25). The number of aryl methyl sites for hydroxylation is 1. The second-order valence-electron chi connectivity index (χ2n) is 8.29. The van der Waals surface area contributed by atoms with E-state index in [1.165, 1.54) is 0 Å². The molecule has 0 atom stereocenters. The highest BCUT2D eigenvalue weighted by Gasteiger charge is 2.39. The molecule has 8 nitrogen and oxygen atoms in total. The lowest BCUT2D eigenvalue weighted by molar-refractivity contribution is 0.0168. The molecule has 8 heteroatoms. The van der Waals surface area contributed by atoms with E-state index < -0.39 is 0 Å². The molecule has 2 aromatic heterocycles. The van der Waals surface area contributed by atoms with Crippen LogP contribution in [0.1, 0.15) is 36.1 Å². The van der Waals surface area contributed by atoms with Crippen molar-refractivity contribution in [1.29, 1.82) is 0 Å². The monoisotopic (exact) mass is 408 g/mol. The Morgan fingerprint density at radius 2 is 2.00 bits per heavy atom. The molecule has 0 radical (unpaired) electrons. The number of anilines is 1. The zero-order valence-corrected chi connectivity index (χ0v) is 17.3. The van der Waals surface area contributed by atoms with Crippen LogP contribution in [0, 0.1) is 6.92 Å². The van der Waals surface area contributed by atoms with E-state index in [1.807, 2.05) is 37.3 Å². The fourth-order valence-electron chi connectivity index (χ4n) is 3.52. The fraction of sp³-hybridized carbons (Fsp3) is 0.409. The molecule has 2 fully saturated rings. The maximum absolute atomic E-state index is 13.0. The van der Waals surface area contributed by atoms with E-state index in [0.717, 1.165) is 35.5 Å². The van der Waals surface area contributed by atoms with Crippen LogP contribution in [0.4, 0.5) is 5.82 Å². The summed E-state index contributed by atoms with van der Waals surface area (Å²) in [6.45, 7) is 4.97. The van der Waals surface area contributed by atoms with Crippen LogP contribution in [-0.2, 0) is 0 Å². The molecule has 0 spiro atoms. The van der Waals surface area contributed by atoms with Crippen LogP contribution >= 0.6 is 0 Å². The molecule has 1 amide bonds. The average molecular weight is 408 g/mol. The highest BCUT2D eigenvalue weighted by molar-refractivity contribution is 5.95. The highest BCUT2D eigenvalue weighted by Crippen LogP contribution is 2.39. The first-order valence-electron chi connectivity index (χ1n) is 10.1. The predicted octanol–water partition coefficient (Wildman–Crippen LogP) is 3.41. The first kappa shape index (κ1) is 18.7. The molecule has 1 aromatic carbocycles. The van der Waals surface area contributed by atoms with E-state index >= 15 is 0 Å². The predicted molar refractivity (Wildman–Crippen MR) is 111 cm³/mol. The number of ether oxygens (including phenoxy) is 2. The number of likely N-dealkylation sites (tertiary alicyclic amines) is 1. The van der Waals surface area contributed by atoms with Crippen molar-refractivity contribution in [1.82, 2.24) is 14.9 Å². The summed E-state index contributed by atoms with van der Waals surface area (Å²) in [5.41, 5.74) is 0.460. The molecular weight excluding hydrogens is 384 g/mol. The van der Waals surface area contributed by atoms with Gasteiger partial charge in [-0.25, -0.2) is 4.98 Å². The summed E-state index contributed by atoms with van der Waals surface area (Å²) < 4.78 is 16.8.